The van der Waals surface area contributed by atoms with E-state index in [0.29, 0.717) is 6.04 Å². The van der Waals surface area contributed by atoms with Crippen LogP contribution in [0.15, 0.2) is 42.6 Å². The Hall–Kier alpha value is -1.21. The lowest BCUT2D eigenvalue weighted by Crippen LogP contribution is -2.32. The van der Waals surface area contributed by atoms with E-state index in [1.165, 1.54) is 15.2 Å². The van der Waals surface area contributed by atoms with Gasteiger partial charge in [-0.05, 0) is 52.8 Å². The van der Waals surface area contributed by atoms with E-state index in [1.54, 1.807) is 12.3 Å². The summed E-state index contributed by atoms with van der Waals surface area (Å²) in [4.78, 5) is 5.97. The molecular weight excluding hydrogens is 380 g/mol. The smallest absolute Gasteiger partial charge is 0.212 e. The van der Waals surface area contributed by atoms with Gasteiger partial charge in [0, 0.05) is 29.2 Å². The van der Waals surface area contributed by atoms with E-state index in [-0.39, 0.29) is 0 Å². The summed E-state index contributed by atoms with van der Waals surface area (Å²) in [7, 11) is 0. The van der Waals surface area contributed by atoms with Crippen LogP contribution in [0.25, 0.3) is 0 Å². The van der Waals surface area contributed by atoms with Gasteiger partial charge < -0.3 is 10.2 Å². The predicted molar refractivity (Wildman–Crippen MR) is 90.8 cm³/mol. The number of aromatic nitrogens is 1. The van der Waals surface area contributed by atoms with Crippen LogP contribution in [0, 0.1) is 9.52 Å². The quantitative estimate of drug-likeness (QED) is 0.635. The van der Waals surface area contributed by atoms with Crippen LogP contribution >= 0.6 is 22.6 Å². The summed E-state index contributed by atoms with van der Waals surface area (Å²) in [6, 6.07) is 12.1. The highest BCUT2D eigenvalue weighted by Crippen LogP contribution is 2.20. The van der Waals surface area contributed by atoms with Crippen molar-refractivity contribution in [3.05, 3.63) is 57.7 Å². The molecule has 0 radical (unpaired) electrons. The van der Waals surface area contributed by atoms with Crippen molar-refractivity contribution in [3.8, 4) is 0 Å². The molecule has 5 heteroatoms. The highest BCUT2D eigenvalue weighted by Gasteiger charge is 2.22. The second-order valence-electron chi connectivity index (χ2n) is 5.24. The Morgan fingerprint density at radius 1 is 1.29 bits per heavy atom. The largest absolute Gasteiger partial charge is 0.369 e. The Bertz CT molecular complexity index is 603. The molecule has 110 valence electrons. The van der Waals surface area contributed by atoms with Gasteiger partial charge in [0.05, 0.1) is 11.9 Å². The molecule has 1 fully saturated rings. The van der Waals surface area contributed by atoms with Crippen LogP contribution in [-0.4, -0.2) is 24.1 Å². The van der Waals surface area contributed by atoms with Crippen molar-refractivity contribution in [1.29, 1.82) is 0 Å². The van der Waals surface area contributed by atoms with Crippen molar-refractivity contribution in [2.45, 2.75) is 19.0 Å². The Morgan fingerprint density at radius 3 is 2.90 bits per heavy atom. The molecule has 2 aromatic rings. The first-order valence-corrected chi connectivity index (χ1v) is 8.13. The minimum Gasteiger partial charge on any atom is -0.369 e. The molecule has 21 heavy (non-hydrogen) atoms. The molecule has 1 aromatic heterocycles. The van der Waals surface area contributed by atoms with Crippen molar-refractivity contribution < 1.29 is 4.39 Å². The van der Waals surface area contributed by atoms with Gasteiger partial charge in [-0.25, -0.2) is 4.98 Å². The first-order valence-electron chi connectivity index (χ1n) is 7.05. The fraction of sp³-hybridized carbons (Fsp3) is 0.312. The molecule has 1 aromatic carbocycles. The van der Waals surface area contributed by atoms with Crippen LogP contribution in [0.1, 0.15) is 12.0 Å². The molecule has 0 spiro atoms. The number of nitrogens with one attached hydrogen (secondary N) is 1. The van der Waals surface area contributed by atoms with Crippen LogP contribution in [0.3, 0.4) is 0 Å². The van der Waals surface area contributed by atoms with E-state index in [4.69, 9.17) is 0 Å². The van der Waals surface area contributed by atoms with Crippen molar-refractivity contribution in [2.75, 3.05) is 18.0 Å². The molecule has 3 nitrogen and oxygen atoms in total. The number of pyridine rings is 1. The molecule has 0 bridgehead atoms. The van der Waals surface area contributed by atoms with Crippen molar-refractivity contribution in [1.82, 2.24) is 10.3 Å². The van der Waals surface area contributed by atoms with E-state index < -0.39 is 5.95 Å². The first-order chi connectivity index (χ1) is 10.2. The van der Waals surface area contributed by atoms with Crippen LogP contribution in [0.2, 0.25) is 0 Å². The normalized spacial score (nSPS) is 18.2. The summed E-state index contributed by atoms with van der Waals surface area (Å²) < 4.78 is 14.1. The van der Waals surface area contributed by atoms with Gasteiger partial charge in [-0.2, -0.15) is 4.39 Å². The standard InChI is InChI=1S/C16H17FIN3/c17-16-6-5-14(10-20-16)21-8-7-13(11-21)19-9-12-3-1-2-4-15(12)18/h1-6,10,13,19H,7-9,11H2/t13-/m0/s1. The molecule has 0 saturated carbocycles. The van der Waals surface area contributed by atoms with Gasteiger partial charge in [-0.3, -0.25) is 0 Å². The van der Waals surface area contributed by atoms with Crippen LogP contribution in [0.4, 0.5) is 10.1 Å². The highest BCUT2D eigenvalue weighted by atomic mass is 127. The Kier molecular flexibility index (Phi) is 4.70. The maximum atomic E-state index is 12.9. The Labute approximate surface area is 137 Å². The van der Waals surface area contributed by atoms with Crippen molar-refractivity contribution in [3.63, 3.8) is 0 Å². The molecule has 1 aliphatic heterocycles. The number of benzene rings is 1. The number of rotatable bonds is 4. The van der Waals surface area contributed by atoms with Gasteiger partial charge in [0.15, 0.2) is 0 Å². The Balaban J connectivity index is 1.55. The molecule has 1 atom stereocenters. The topological polar surface area (TPSA) is 28.2 Å². The number of anilines is 1. The van der Waals surface area contributed by atoms with Crippen molar-refractivity contribution in [2.24, 2.45) is 0 Å². The third-order valence-electron chi connectivity index (χ3n) is 3.80. The molecule has 1 aliphatic rings. The zero-order valence-electron chi connectivity index (χ0n) is 11.6. The maximum Gasteiger partial charge on any atom is 0.212 e. The summed E-state index contributed by atoms with van der Waals surface area (Å²) in [5.41, 5.74) is 2.33. The highest BCUT2D eigenvalue weighted by molar-refractivity contribution is 14.1. The van der Waals surface area contributed by atoms with E-state index in [0.717, 1.165) is 31.7 Å². The third-order valence-corrected chi connectivity index (χ3v) is 4.86. The molecule has 0 aliphatic carbocycles. The lowest BCUT2D eigenvalue weighted by molar-refractivity contribution is 0.550. The zero-order chi connectivity index (χ0) is 14.7. The summed E-state index contributed by atoms with van der Waals surface area (Å²) in [5.74, 6) is -0.425. The second kappa shape index (κ2) is 6.70. The van der Waals surface area contributed by atoms with Crippen LogP contribution in [0.5, 0.6) is 0 Å². The number of nitrogens with zero attached hydrogens (tertiary/aromatic N) is 2. The minimum absolute atomic E-state index is 0.425. The lowest BCUT2D eigenvalue weighted by Gasteiger charge is -2.18. The van der Waals surface area contributed by atoms with E-state index in [9.17, 15) is 4.39 Å². The SMILES string of the molecule is Fc1ccc(N2CC[C@H](NCc3ccccc3I)C2)cn1. The summed E-state index contributed by atoms with van der Waals surface area (Å²) in [6.45, 7) is 2.81. The zero-order valence-corrected chi connectivity index (χ0v) is 13.8. The monoisotopic (exact) mass is 397 g/mol. The van der Waals surface area contributed by atoms with Gasteiger partial charge in [-0.1, -0.05) is 18.2 Å². The predicted octanol–water partition coefficient (Wildman–Crippen LogP) is 3.19. The molecule has 2 heterocycles. The summed E-state index contributed by atoms with van der Waals surface area (Å²) >= 11 is 2.37. The van der Waals surface area contributed by atoms with Gasteiger partial charge in [-0.15, -0.1) is 0 Å². The fourth-order valence-corrected chi connectivity index (χ4v) is 3.19. The van der Waals surface area contributed by atoms with E-state index in [2.05, 4.69) is 62.1 Å². The minimum atomic E-state index is -0.425. The van der Waals surface area contributed by atoms with Gasteiger partial charge in [0.1, 0.15) is 0 Å². The van der Waals surface area contributed by atoms with Gasteiger partial charge in [0.25, 0.3) is 0 Å². The van der Waals surface area contributed by atoms with Crippen LogP contribution in [-0.2, 0) is 6.54 Å². The fourth-order valence-electron chi connectivity index (χ4n) is 2.61. The average molecular weight is 397 g/mol. The van der Waals surface area contributed by atoms with Crippen molar-refractivity contribution >= 4 is 28.3 Å². The number of hydrogen-bond donors (Lipinski definition) is 1. The summed E-state index contributed by atoms with van der Waals surface area (Å²) in [6.07, 6.45) is 2.71. The van der Waals surface area contributed by atoms with Gasteiger partial charge in [0.2, 0.25) is 5.95 Å². The maximum absolute atomic E-state index is 12.9. The summed E-state index contributed by atoms with van der Waals surface area (Å²) in [5, 5.41) is 3.61. The molecule has 0 unspecified atom stereocenters. The van der Waals surface area contributed by atoms with Gasteiger partial charge >= 0.3 is 0 Å². The molecule has 3 rings (SSSR count). The van der Waals surface area contributed by atoms with E-state index in [1.807, 2.05) is 0 Å². The average Bonchev–Trinajstić information content (AvgIpc) is 2.96. The molecule has 1 saturated heterocycles. The lowest BCUT2D eigenvalue weighted by atomic mass is 10.2. The third kappa shape index (κ3) is 3.71. The second-order valence-corrected chi connectivity index (χ2v) is 6.41. The number of halogens is 2. The first kappa shape index (κ1) is 14.7. The molecule has 0 amide bonds. The van der Waals surface area contributed by atoms with Crippen LogP contribution < -0.4 is 10.2 Å². The molecular formula is C16H17FIN3. The Morgan fingerprint density at radius 2 is 2.14 bits per heavy atom. The van der Waals surface area contributed by atoms with E-state index >= 15 is 0 Å². The molecule has 1 N–H and O–H groups in total. The number of hydrogen-bond acceptors (Lipinski definition) is 3.